The molecule has 0 aliphatic heterocycles. The number of ether oxygens (including phenoxy) is 1. The lowest BCUT2D eigenvalue weighted by Crippen LogP contribution is -2.03. The second-order valence-electron chi connectivity index (χ2n) is 4.03. The summed E-state index contributed by atoms with van der Waals surface area (Å²) in [6.45, 7) is 0. The van der Waals surface area contributed by atoms with E-state index >= 15 is 0 Å². The number of benzene rings is 2. The Bertz CT molecular complexity index is 626. The molecule has 20 heavy (non-hydrogen) atoms. The van der Waals surface area contributed by atoms with Crippen molar-refractivity contribution >= 4 is 43.5 Å². The number of methoxy groups -OCH3 is 1. The SMILES string of the molecule is COc1ccc(Br)cc1C(Cl)c1c(F)cc(Br)cc1F. The molecule has 6 heteroatoms. The summed E-state index contributed by atoms with van der Waals surface area (Å²) in [4.78, 5) is 0. The van der Waals surface area contributed by atoms with E-state index in [9.17, 15) is 8.78 Å². The lowest BCUT2D eigenvalue weighted by Gasteiger charge is -2.16. The summed E-state index contributed by atoms with van der Waals surface area (Å²) in [5.41, 5.74) is 0.287. The maximum absolute atomic E-state index is 14.0. The van der Waals surface area contributed by atoms with Crippen LogP contribution >= 0.6 is 43.5 Å². The largest absolute Gasteiger partial charge is 0.496 e. The first-order chi connectivity index (χ1) is 9.43. The molecule has 2 rings (SSSR count). The molecule has 1 nitrogen and oxygen atoms in total. The molecule has 1 unspecified atom stereocenters. The van der Waals surface area contributed by atoms with Gasteiger partial charge in [0.25, 0.3) is 0 Å². The highest BCUT2D eigenvalue weighted by molar-refractivity contribution is 9.10. The van der Waals surface area contributed by atoms with Gasteiger partial charge in [-0.2, -0.15) is 0 Å². The van der Waals surface area contributed by atoms with Crippen molar-refractivity contribution in [1.29, 1.82) is 0 Å². The molecule has 0 aliphatic carbocycles. The molecule has 106 valence electrons. The summed E-state index contributed by atoms with van der Waals surface area (Å²) >= 11 is 12.6. The third-order valence-electron chi connectivity index (χ3n) is 2.76. The first kappa shape index (κ1) is 15.7. The van der Waals surface area contributed by atoms with Crippen molar-refractivity contribution in [3.8, 4) is 5.75 Å². The van der Waals surface area contributed by atoms with Crippen LogP contribution in [0.5, 0.6) is 5.75 Å². The second kappa shape index (κ2) is 6.41. The fourth-order valence-electron chi connectivity index (χ4n) is 1.85. The summed E-state index contributed by atoms with van der Waals surface area (Å²) in [6.07, 6.45) is 0. The molecule has 0 fully saturated rings. The molecule has 0 bridgehead atoms. The molecule has 0 N–H and O–H groups in total. The van der Waals surface area contributed by atoms with Gasteiger partial charge in [0, 0.05) is 20.1 Å². The molecule has 0 aliphatic rings. The predicted octanol–water partition coefficient (Wildman–Crippen LogP) is 5.83. The summed E-state index contributed by atoms with van der Waals surface area (Å²) in [6, 6.07) is 7.48. The fraction of sp³-hybridized carbons (Fsp3) is 0.143. The zero-order chi connectivity index (χ0) is 14.9. The smallest absolute Gasteiger partial charge is 0.132 e. The highest BCUT2D eigenvalue weighted by Crippen LogP contribution is 2.39. The zero-order valence-electron chi connectivity index (χ0n) is 10.3. The molecule has 0 spiro atoms. The molecule has 2 aromatic carbocycles. The minimum atomic E-state index is -0.990. The quantitative estimate of drug-likeness (QED) is 0.562. The van der Waals surface area contributed by atoms with Crippen LogP contribution in [0.1, 0.15) is 16.5 Å². The van der Waals surface area contributed by atoms with Crippen molar-refractivity contribution in [2.24, 2.45) is 0 Å². The van der Waals surface area contributed by atoms with Gasteiger partial charge in [0.05, 0.1) is 12.5 Å². The number of halogens is 5. The van der Waals surface area contributed by atoms with E-state index in [1.165, 1.54) is 19.2 Å². The normalized spacial score (nSPS) is 12.3. The maximum atomic E-state index is 14.0. The molecular formula is C14H9Br2ClF2O. The van der Waals surface area contributed by atoms with Gasteiger partial charge in [-0.15, -0.1) is 11.6 Å². The molecule has 2 aromatic rings. The minimum absolute atomic E-state index is 0.203. The molecule has 1 atom stereocenters. The van der Waals surface area contributed by atoms with Crippen molar-refractivity contribution in [3.63, 3.8) is 0 Å². The van der Waals surface area contributed by atoms with E-state index in [2.05, 4.69) is 31.9 Å². The molecular weight excluding hydrogens is 417 g/mol. The van der Waals surface area contributed by atoms with Gasteiger partial charge in [-0.3, -0.25) is 0 Å². The highest BCUT2D eigenvalue weighted by atomic mass is 79.9. The summed E-state index contributed by atoms with van der Waals surface area (Å²) in [7, 11) is 1.48. The van der Waals surface area contributed by atoms with E-state index in [-0.39, 0.29) is 5.56 Å². The highest BCUT2D eigenvalue weighted by Gasteiger charge is 2.23. The second-order valence-corrected chi connectivity index (χ2v) is 6.30. The molecule has 0 saturated heterocycles. The van der Waals surface area contributed by atoms with E-state index in [0.717, 1.165) is 4.47 Å². The minimum Gasteiger partial charge on any atom is -0.496 e. The van der Waals surface area contributed by atoms with E-state index in [4.69, 9.17) is 16.3 Å². The molecule has 0 saturated carbocycles. The van der Waals surface area contributed by atoms with Crippen LogP contribution in [0.25, 0.3) is 0 Å². The average molecular weight is 426 g/mol. The first-order valence-electron chi connectivity index (χ1n) is 5.56. The van der Waals surface area contributed by atoms with E-state index in [1.54, 1.807) is 18.2 Å². The molecule has 0 heterocycles. The van der Waals surface area contributed by atoms with Crippen LogP contribution in [-0.2, 0) is 0 Å². The number of hydrogen-bond donors (Lipinski definition) is 0. The summed E-state index contributed by atoms with van der Waals surface area (Å²) in [5.74, 6) is -0.951. The molecule has 0 radical (unpaired) electrons. The van der Waals surface area contributed by atoms with Gasteiger partial charge in [0.2, 0.25) is 0 Å². The van der Waals surface area contributed by atoms with E-state index in [0.29, 0.717) is 15.8 Å². The van der Waals surface area contributed by atoms with Gasteiger partial charge < -0.3 is 4.74 Å². The van der Waals surface area contributed by atoms with Crippen LogP contribution in [0.3, 0.4) is 0 Å². The Morgan fingerprint density at radius 1 is 1.05 bits per heavy atom. The van der Waals surface area contributed by atoms with Gasteiger partial charge in [-0.05, 0) is 30.3 Å². The van der Waals surface area contributed by atoms with Crippen LogP contribution in [-0.4, -0.2) is 7.11 Å². The van der Waals surface area contributed by atoms with Crippen LogP contribution < -0.4 is 4.74 Å². The van der Waals surface area contributed by atoms with Crippen LogP contribution in [0.15, 0.2) is 39.3 Å². The summed E-state index contributed by atoms with van der Waals surface area (Å²) < 4.78 is 34.2. The van der Waals surface area contributed by atoms with Crippen LogP contribution in [0.2, 0.25) is 0 Å². The van der Waals surface area contributed by atoms with Gasteiger partial charge >= 0.3 is 0 Å². The van der Waals surface area contributed by atoms with Crippen molar-refractivity contribution in [2.75, 3.05) is 7.11 Å². The van der Waals surface area contributed by atoms with Gasteiger partial charge in [0.1, 0.15) is 17.4 Å². The number of alkyl halides is 1. The lowest BCUT2D eigenvalue weighted by molar-refractivity contribution is 0.409. The zero-order valence-corrected chi connectivity index (χ0v) is 14.2. The van der Waals surface area contributed by atoms with Crippen molar-refractivity contribution in [1.82, 2.24) is 0 Å². The average Bonchev–Trinajstić information content (AvgIpc) is 2.37. The van der Waals surface area contributed by atoms with Crippen molar-refractivity contribution in [3.05, 3.63) is 62.0 Å². The van der Waals surface area contributed by atoms with Gasteiger partial charge in [-0.1, -0.05) is 31.9 Å². The maximum Gasteiger partial charge on any atom is 0.132 e. The third-order valence-corrected chi connectivity index (χ3v) is 4.17. The van der Waals surface area contributed by atoms with E-state index in [1.807, 2.05) is 0 Å². The number of rotatable bonds is 3. The fourth-order valence-corrected chi connectivity index (χ4v) is 3.01. The topological polar surface area (TPSA) is 9.23 Å². The molecule has 0 amide bonds. The third kappa shape index (κ3) is 3.15. The number of hydrogen-bond acceptors (Lipinski definition) is 1. The Labute approximate surface area is 137 Å². The Kier molecular flexibility index (Phi) is 5.04. The van der Waals surface area contributed by atoms with Gasteiger partial charge in [-0.25, -0.2) is 8.78 Å². The Morgan fingerprint density at radius 2 is 1.65 bits per heavy atom. The summed E-state index contributed by atoms with van der Waals surface area (Å²) in [5, 5.41) is -0.990. The Balaban J connectivity index is 2.57. The van der Waals surface area contributed by atoms with Crippen LogP contribution in [0, 0.1) is 11.6 Å². The Morgan fingerprint density at radius 3 is 2.20 bits per heavy atom. The van der Waals surface area contributed by atoms with Crippen LogP contribution in [0.4, 0.5) is 8.78 Å². The first-order valence-corrected chi connectivity index (χ1v) is 7.58. The monoisotopic (exact) mass is 424 g/mol. The molecule has 0 aromatic heterocycles. The van der Waals surface area contributed by atoms with E-state index < -0.39 is 17.0 Å². The Hall–Kier alpha value is -0.650. The predicted molar refractivity (Wildman–Crippen MR) is 82.4 cm³/mol. The van der Waals surface area contributed by atoms with Crippen molar-refractivity contribution in [2.45, 2.75) is 5.38 Å². The lowest BCUT2D eigenvalue weighted by atomic mass is 10.0. The van der Waals surface area contributed by atoms with Gasteiger partial charge in [0.15, 0.2) is 0 Å². The standard InChI is InChI=1S/C14H9Br2ClF2O/c1-20-12-3-2-7(15)4-9(12)14(17)13-10(18)5-8(16)6-11(13)19/h2-6,14H,1H3. The van der Waals surface area contributed by atoms with Crippen molar-refractivity contribution < 1.29 is 13.5 Å².